The minimum Gasteiger partial charge on any atom is -0.393 e. The molecule has 0 aromatic rings. The Bertz CT molecular complexity index is 435. The van der Waals surface area contributed by atoms with Crippen LogP contribution in [-0.2, 0) is 9.59 Å². The summed E-state index contributed by atoms with van der Waals surface area (Å²) in [5, 5.41) is 12.9. The number of carbonyl (C=O) groups is 2. The van der Waals surface area contributed by atoms with Crippen LogP contribution in [0.2, 0.25) is 0 Å². The predicted octanol–water partition coefficient (Wildman–Crippen LogP) is 3.30. The molecule has 0 radical (unpaired) electrons. The van der Waals surface area contributed by atoms with Crippen molar-refractivity contribution >= 4 is 11.8 Å². The van der Waals surface area contributed by atoms with Crippen molar-refractivity contribution in [2.24, 2.45) is 11.8 Å². The first-order valence-electron chi connectivity index (χ1n) is 9.87. The maximum atomic E-state index is 12.6. The Kier molecular flexibility index (Phi) is 12.7. The van der Waals surface area contributed by atoms with Crippen molar-refractivity contribution in [3.63, 3.8) is 0 Å². The molecule has 0 spiro atoms. The zero-order chi connectivity index (χ0) is 20.1. The first-order chi connectivity index (χ1) is 12.5. The summed E-state index contributed by atoms with van der Waals surface area (Å²) >= 11 is 0. The predicted molar refractivity (Wildman–Crippen MR) is 108 cm³/mol. The van der Waals surface area contributed by atoms with Gasteiger partial charge in [0.25, 0.3) is 0 Å². The number of amides is 2. The minimum atomic E-state index is -0.543. The molecule has 0 saturated heterocycles. The largest absolute Gasteiger partial charge is 0.393 e. The van der Waals surface area contributed by atoms with Crippen LogP contribution >= 0.6 is 0 Å². The lowest BCUT2D eigenvalue weighted by Crippen LogP contribution is -2.41. The van der Waals surface area contributed by atoms with Crippen molar-refractivity contribution in [2.45, 2.75) is 70.9 Å². The summed E-state index contributed by atoms with van der Waals surface area (Å²) in [6.45, 7) is 14.4. The third kappa shape index (κ3) is 8.17. The molecule has 2 fully saturated rings. The number of unbranched alkanes of at least 4 members (excludes halogenated alkanes) is 2. The Balaban J connectivity index is 0.00000146. The lowest BCUT2D eigenvalue weighted by Gasteiger charge is -2.24. The molecule has 0 aliphatic heterocycles. The van der Waals surface area contributed by atoms with E-state index in [1.54, 1.807) is 11.9 Å². The van der Waals surface area contributed by atoms with Gasteiger partial charge in [0.1, 0.15) is 0 Å². The van der Waals surface area contributed by atoms with E-state index in [2.05, 4.69) is 25.1 Å². The van der Waals surface area contributed by atoms with E-state index in [1.165, 1.54) is 0 Å². The standard InChI is InChI=1S/C17H28N2O3.C2H6.C2H4/c1-3-4-5-6-9-19(2)17(22)15-11-13(20)10-14(15)16(21)18-12-7-8-12;2*1-2/h3,12-15,20H,1,4-11H2,2H3,(H,18,21);1-2H3;1-2H2/t13-,14+,15+;;/m0../s1. The average molecular weight is 367 g/mol. The Morgan fingerprint density at radius 3 is 2.27 bits per heavy atom. The van der Waals surface area contributed by atoms with Crippen LogP contribution in [0.25, 0.3) is 0 Å². The van der Waals surface area contributed by atoms with Gasteiger partial charge in [-0.3, -0.25) is 9.59 Å². The van der Waals surface area contributed by atoms with Gasteiger partial charge in [0.15, 0.2) is 0 Å². The van der Waals surface area contributed by atoms with Crippen LogP contribution < -0.4 is 5.32 Å². The van der Waals surface area contributed by atoms with Gasteiger partial charge < -0.3 is 15.3 Å². The third-order valence-corrected chi connectivity index (χ3v) is 4.64. The van der Waals surface area contributed by atoms with Crippen molar-refractivity contribution in [3.8, 4) is 0 Å². The van der Waals surface area contributed by atoms with Gasteiger partial charge in [-0.25, -0.2) is 0 Å². The fraction of sp³-hybridized carbons (Fsp3) is 0.714. The molecule has 26 heavy (non-hydrogen) atoms. The summed E-state index contributed by atoms with van der Waals surface area (Å²) in [6, 6.07) is 0.289. The van der Waals surface area contributed by atoms with Gasteiger partial charge in [-0.2, -0.15) is 0 Å². The molecule has 3 atom stereocenters. The van der Waals surface area contributed by atoms with Gasteiger partial charge >= 0.3 is 0 Å². The summed E-state index contributed by atoms with van der Waals surface area (Å²) in [5.41, 5.74) is 0. The first-order valence-corrected chi connectivity index (χ1v) is 9.87. The number of carbonyl (C=O) groups excluding carboxylic acids is 2. The second-order valence-corrected chi connectivity index (χ2v) is 6.67. The van der Waals surface area contributed by atoms with E-state index in [0.29, 0.717) is 19.4 Å². The van der Waals surface area contributed by atoms with Crippen LogP contribution in [0.4, 0.5) is 0 Å². The number of aliphatic hydroxyl groups excluding tert-OH is 1. The molecule has 0 aromatic carbocycles. The highest BCUT2D eigenvalue weighted by atomic mass is 16.3. The summed E-state index contributed by atoms with van der Waals surface area (Å²) in [4.78, 5) is 26.6. The number of rotatable bonds is 8. The van der Waals surface area contributed by atoms with E-state index in [-0.39, 0.29) is 29.7 Å². The quantitative estimate of drug-likeness (QED) is 0.511. The lowest BCUT2D eigenvalue weighted by molar-refractivity contribution is -0.139. The van der Waals surface area contributed by atoms with Crippen LogP contribution in [0.3, 0.4) is 0 Å². The molecule has 0 unspecified atom stereocenters. The van der Waals surface area contributed by atoms with Gasteiger partial charge in [-0.05, 0) is 44.9 Å². The normalized spacial score (nSPS) is 23.6. The zero-order valence-corrected chi connectivity index (χ0v) is 16.9. The van der Waals surface area contributed by atoms with Gasteiger partial charge in [0, 0.05) is 19.6 Å². The maximum absolute atomic E-state index is 12.6. The third-order valence-electron chi connectivity index (χ3n) is 4.64. The Morgan fingerprint density at radius 1 is 1.15 bits per heavy atom. The van der Waals surface area contributed by atoms with E-state index >= 15 is 0 Å². The minimum absolute atomic E-state index is 0.00824. The van der Waals surface area contributed by atoms with E-state index in [4.69, 9.17) is 0 Å². The van der Waals surface area contributed by atoms with Gasteiger partial charge in [-0.15, -0.1) is 19.7 Å². The van der Waals surface area contributed by atoms with Crippen molar-refractivity contribution in [2.75, 3.05) is 13.6 Å². The molecule has 2 aliphatic rings. The summed E-state index contributed by atoms with van der Waals surface area (Å²) in [7, 11) is 1.79. The summed E-state index contributed by atoms with van der Waals surface area (Å²) in [6.07, 6.45) is 7.11. The first kappa shape index (κ1) is 24.4. The van der Waals surface area contributed by atoms with Crippen LogP contribution in [-0.4, -0.2) is 47.6 Å². The van der Waals surface area contributed by atoms with Crippen molar-refractivity contribution < 1.29 is 14.7 Å². The van der Waals surface area contributed by atoms with E-state index in [0.717, 1.165) is 32.1 Å². The molecule has 2 rings (SSSR count). The Hall–Kier alpha value is -1.62. The Morgan fingerprint density at radius 2 is 1.73 bits per heavy atom. The van der Waals surface area contributed by atoms with Crippen LogP contribution in [0.1, 0.15) is 58.8 Å². The zero-order valence-electron chi connectivity index (χ0n) is 16.9. The topological polar surface area (TPSA) is 69.6 Å². The molecule has 2 saturated carbocycles. The number of allylic oxidation sites excluding steroid dienone is 1. The highest BCUT2D eigenvalue weighted by Gasteiger charge is 2.44. The fourth-order valence-electron chi connectivity index (χ4n) is 3.14. The molecule has 2 N–H and O–H groups in total. The SMILES string of the molecule is C=C.C=CCCCCN(C)C(=O)[C@@H]1C[C@@H](O)C[C@H]1C(=O)NC1CC1.CC. The Labute approximate surface area is 159 Å². The highest BCUT2D eigenvalue weighted by molar-refractivity contribution is 5.88. The number of hydrogen-bond donors (Lipinski definition) is 2. The molecule has 2 aliphatic carbocycles. The van der Waals surface area contributed by atoms with E-state index in [9.17, 15) is 14.7 Å². The number of hydrogen-bond acceptors (Lipinski definition) is 3. The van der Waals surface area contributed by atoms with E-state index < -0.39 is 6.10 Å². The molecule has 0 heterocycles. The van der Waals surface area contributed by atoms with Gasteiger partial charge in [0.2, 0.25) is 11.8 Å². The second-order valence-electron chi connectivity index (χ2n) is 6.67. The molecule has 2 amide bonds. The smallest absolute Gasteiger partial charge is 0.226 e. The molecular formula is C21H38N2O3. The van der Waals surface area contributed by atoms with Crippen molar-refractivity contribution in [3.05, 3.63) is 25.8 Å². The van der Waals surface area contributed by atoms with Crippen molar-refractivity contribution in [1.29, 1.82) is 0 Å². The molecule has 150 valence electrons. The monoisotopic (exact) mass is 366 g/mol. The van der Waals surface area contributed by atoms with Crippen LogP contribution in [0.15, 0.2) is 25.8 Å². The van der Waals surface area contributed by atoms with Crippen molar-refractivity contribution in [1.82, 2.24) is 10.2 Å². The van der Waals surface area contributed by atoms with Gasteiger partial charge in [-0.1, -0.05) is 19.9 Å². The van der Waals surface area contributed by atoms with Crippen LogP contribution in [0, 0.1) is 11.8 Å². The van der Waals surface area contributed by atoms with E-state index in [1.807, 2.05) is 19.9 Å². The average Bonchev–Trinajstić information content (AvgIpc) is 3.39. The fourth-order valence-corrected chi connectivity index (χ4v) is 3.14. The number of aliphatic hydroxyl groups is 1. The molecule has 0 bridgehead atoms. The molecule has 0 aromatic heterocycles. The molecule has 5 nitrogen and oxygen atoms in total. The molecular weight excluding hydrogens is 328 g/mol. The summed E-state index contributed by atoms with van der Waals surface area (Å²) in [5.74, 6) is -0.819. The maximum Gasteiger partial charge on any atom is 0.226 e. The second kappa shape index (κ2) is 13.6. The number of nitrogens with one attached hydrogen (secondary N) is 1. The van der Waals surface area contributed by atoms with Gasteiger partial charge in [0.05, 0.1) is 17.9 Å². The van der Waals surface area contributed by atoms with Crippen LogP contribution in [0.5, 0.6) is 0 Å². The number of nitrogens with zero attached hydrogens (tertiary/aromatic N) is 1. The lowest BCUT2D eigenvalue weighted by atomic mass is 9.93. The molecule has 5 heteroatoms. The summed E-state index contributed by atoms with van der Waals surface area (Å²) < 4.78 is 0. The highest BCUT2D eigenvalue weighted by Crippen LogP contribution is 2.34.